The SMILES string of the molecule is CN([SiH](C)C)[Si](C)(C)C.CN([SiH](C)C)[Si](C)(C)C.[K]. The molecule has 0 aliphatic carbocycles. The van der Waals surface area contributed by atoms with Gasteiger partial charge in [0.2, 0.25) is 0 Å². The summed E-state index contributed by atoms with van der Waals surface area (Å²) in [5, 5.41) is 0. The fourth-order valence-electron chi connectivity index (χ4n) is 1.55. The molecule has 2 nitrogen and oxygen atoms in total. The first-order valence-electron chi connectivity index (χ1n) is 7.17. The molecule has 1 radical (unpaired) electrons. The Hall–Kier alpha value is 2.42. The van der Waals surface area contributed by atoms with E-state index in [9.17, 15) is 0 Å². The van der Waals surface area contributed by atoms with Crippen LogP contribution in [0.25, 0.3) is 0 Å². The molecule has 0 saturated carbocycles. The van der Waals surface area contributed by atoms with Crippen molar-refractivity contribution < 1.29 is 0 Å². The predicted molar refractivity (Wildman–Crippen MR) is 106 cm³/mol. The minimum atomic E-state index is -0.929. The zero-order valence-corrected chi connectivity index (χ0v) is 23.5. The van der Waals surface area contributed by atoms with Gasteiger partial charge in [0.1, 0.15) is 16.5 Å². The van der Waals surface area contributed by atoms with Crippen LogP contribution >= 0.6 is 0 Å². The van der Waals surface area contributed by atoms with Crippen LogP contribution in [0, 0.1) is 0 Å². The molecule has 0 atom stereocenters. The molecule has 0 rings (SSSR count). The summed E-state index contributed by atoms with van der Waals surface area (Å²) in [5.41, 5.74) is 0. The number of rotatable bonds is 4. The third-order valence-electron chi connectivity index (χ3n) is 3.67. The van der Waals surface area contributed by atoms with E-state index in [0.29, 0.717) is 0 Å². The molecule has 0 aromatic rings. The minimum absolute atomic E-state index is 0. The molecule has 0 unspecified atom stereocenters. The summed E-state index contributed by atoms with van der Waals surface area (Å²) < 4.78 is 5.26. The number of nitrogens with zero attached hydrogens (tertiary/aromatic N) is 2. The normalized spacial score (nSPS) is 12.6. The quantitative estimate of drug-likeness (QED) is 0.710. The van der Waals surface area contributed by atoms with Crippen molar-refractivity contribution in [2.75, 3.05) is 14.1 Å². The molecule has 0 saturated heterocycles. The molecular formula is C12H38KN2Si4. The summed E-state index contributed by atoms with van der Waals surface area (Å²) in [7, 11) is 1.72. The van der Waals surface area contributed by atoms with Crippen molar-refractivity contribution in [1.29, 1.82) is 0 Å². The van der Waals surface area contributed by atoms with Crippen LogP contribution in [0.15, 0.2) is 0 Å². The molecule has 0 N–H and O–H groups in total. The number of hydrogen-bond donors (Lipinski definition) is 0. The van der Waals surface area contributed by atoms with E-state index in [0.717, 1.165) is 0 Å². The van der Waals surface area contributed by atoms with Gasteiger partial charge in [-0.2, -0.15) is 0 Å². The van der Waals surface area contributed by atoms with E-state index in [1.807, 2.05) is 0 Å². The molecule has 113 valence electrons. The summed E-state index contributed by atoms with van der Waals surface area (Å²) in [4.78, 5) is 0. The molecular weight excluding hydrogens is 324 g/mol. The van der Waals surface area contributed by atoms with Crippen molar-refractivity contribution in [1.82, 2.24) is 8.46 Å². The van der Waals surface area contributed by atoms with Gasteiger partial charge in [0.05, 0.1) is 17.9 Å². The number of hydrogen-bond acceptors (Lipinski definition) is 2. The Morgan fingerprint density at radius 3 is 0.737 bits per heavy atom. The van der Waals surface area contributed by atoms with Crippen LogP contribution in [0.4, 0.5) is 0 Å². The van der Waals surface area contributed by atoms with Crippen molar-refractivity contribution in [3.8, 4) is 0 Å². The zero-order valence-electron chi connectivity index (χ0n) is 16.0. The first kappa shape index (κ1) is 26.3. The van der Waals surface area contributed by atoms with E-state index in [2.05, 4.69) is 88.0 Å². The van der Waals surface area contributed by atoms with Gasteiger partial charge >= 0.3 is 0 Å². The Bertz CT molecular complexity index is 201. The summed E-state index contributed by atoms with van der Waals surface area (Å²) in [5.74, 6) is 0. The smallest absolute Gasteiger partial charge is 0.111 e. The monoisotopic (exact) mass is 361 g/mol. The van der Waals surface area contributed by atoms with Gasteiger partial charge in [0.25, 0.3) is 0 Å². The van der Waals surface area contributed by atoms with Crippen molar-refractivity contribution in [3.63, 3.8) is 0 Å². The van der Waals surface area contributed by atoms with Crippen LogP contribution in [-0.4, -0.2) is 108 Å². The molecule has 0 aliphatic rings. The Balaban J connectivity index is -0.000000256. The van der Waals surface area contributed by atoms with Crippen LogP contribution in [0.5, 0.6) is 0 Å². The molecule has 0 spiro atoms. The van der Waals surface area contributed by atoms with E-state index in [1.54, 1.807) is 0 Å². The van der Waals surface area contributed by atoms with E-state index in [-0.39, 0.29) is 51.4 Å². The second-order valence-corrected chi connectivity index (χ2v) is 24.8. The molecule has 0 aromatic heterocycles. The largest absolute Gasteiger partial charge is 0.351 e. The van der Waals surface area contributed by atoms with E-state index < -0.39 is 34.4 Å². The van der Waals surface area contributed by atoms with Gasteiger partial charge in [0.15, 0.2) is 0 Å². The third-order valence-corrected chi connectivity index (χ3v) is 18.7. The van der Waals surface area contributed by atoms with Gasteiger partial charge in [-0.05, 0) is 14.1 Å². The fraction of sp³-hybridized carbons (Fsp3) is 1.00. The summed E-state index contributed by atoms with van der Waals surface area (Å²) in [6.07, 6.45) is 0. The van der Waals surface area contributed by atoms with Crippen molar-refractivity contribution in [2.24, 2.45) is 0 Å². The molecule has 0 fully saturated rings. The average molecular weight is 362 g/mol. The minimum Gasteiger partial charge on any atom is -0.351 e. The zero-order chi connectivity index (χ0) is 15.3. The predicted octanol–water partition coefficient (Wildman–Crippen LogP) is 3.09. The molecule has 0 aliphatic heterocycles. The Morgan fingerprint density at radius 2 is 0.737 bits per heavy atom. The van der Waals surface area contributed by atoms with Crippen molar-refractivity contribution in [3.05, 3.63) is 0 Å². The van der Waals surface area contributed by atoms with Crippen LogP contribution in [-0.2, 0) is 0 Å². The fourth-order valence-corrected chi connectivity index (χ4v) is 13.9. The molecule has 7 heteroatoms. The Kier molecular flexibility index (Phi) is 15.3. The second-order valence-electron chi connectivity index (χ2n) is 7.75. The topological polar surface area (TPSA) is 6.48 Å². The molecule has 0 bridgehead atoms. The first-order chi connectivity index (χ1) is 7.71. The van der Waals surface area contributed by atoms with E-state index in [4.69, 9.17) is 0 Å². The maximum absolute atomic E-state index is 2.63. The maximum atomic E-state index is 2.63. The summed E-state index contributed by atoms with van der Waals surface area (Å²) >= 11 is 0. The van der Waals surface area contributed by atoms with E-state index in [1.165, 1.54) is 0 Å². The second kappa shape index (κ2) is 11.0. The molecule has 0 aromatic carbocycles. The van der Waals surface area contributed by atoms with Gasteiger partial charge in [-0.25, -0.2) is 0 Å². The van der Waals surface area contributed by atoms with Gasteiger partial charge in [-0.1, -0.05) is 65.5 Å². The molecule has 0 amide bonds. The average Bonchev–Trinajstić information content (AvgIpc) is 2.13. The Morgan fingerprint density at radius 1 is 0.579 bits per heavy atom. The molecule has 0 heterocycles. The summed E-state index contributed by atoms with van der Waals surface area (Å²) in [6, 6.07) is 0. The van der Waals surface area contributed by atoms with Crippen LogP contribution in [0.3, 0.4) is 0 Å². The third kappa shape index (κ3) is 13.8. The van der Waals surface area contributed by atoms with Crippen LogP contribution in [0.1, 0.15) is 0 Å². The van der Waals surface area contributed by atoms with Crippen LogP contribution in [0.2, 0.25) is 65.5 Å². The van der Waals surface area contributed by atoms with Gasteiger partial charge in [0, 0.05) is 51.4 Å². The Labute approximate surface area is 171 Å². The van der Waals surface area contributed by atoms with Crippen LogP contribution < -0.4 is 0 Å². The maximum Gasteiger partial charge on any atom is 0.111 e. The first-order valence-corrected chi connectivity index (χ1v) is 19.7. The standard InChI is InChI=1S/2C6H19NSi2.K/c2*1-7(8(2)3)9(4,5)6;/h2*8H,1-6H3;. The molecule has 19 heavy (non-hydrogen) atoms. The van der Waals surface area contributed by atoms with Crippen molar-refractivity contribution >= 4 is 85.8 Å². The van der Waals surface area contributed by atoms with Gasteiger partial charge < -0.3 is 8.46 Å². The van der Waals surface area contributed by atoms with Gasteiger partial charge in [-0.15, -0.1) is 0 Å². The van der Waals surface area contributed by atoms with Crippen molar-refractivity contribution in [2.45, 2.75) is 65.5 Å². The van der Waals surface area contributed by atoms with E-state index >= 15 is 0 Å². The summed E-state index contributed by atoms with van der Waals surface area (Å²) in [6.45, 7) is 24.0. The van der Waals surface area contributed by atoms with Gasteiger partial charge in [-0.3, -0.25) is 0 Å².